The Morgan fingerprint density at radius 3 is 2.14 bits per heavy atom. The molecule has 4 heteroatoms. The molecule has 0 radical (unpaired) electrons. The number of hydrogen-bond donors (Lipinski definition) is 2. The van der Waals surface area contributed by atoms with Crippen LogP contribution in [0.5, 0.6) is 0 Å². The van der Waals surface area contributed by atoms with Crippen LogP contribution in [0, 0.1) is 0 Å². The highest BCUT2D eigenvalue weighted by Gasteiger charge is 2.28. The number of rotatable bonds is 6. The van der Waals surface area contributed by atoms with Gasteiger partial charge in [-0.3, -0.25) is 0 Å². The van der Waals surface area contributed by atoms with Crippen LogP contribution in [0.4, 0.5) is 0 Å². The number of methoxy groups -OCH3 is 1. The van der Waals surface area contributed by atoms with Gasteiger partial charge in [-0.2, -0.15) is 0 Å². The van der Waals surface area contributed by atoms with Crippen LogP contribution in [-0.2, 0) is 9.47 Å². The van der Waals surface area contributed by atoms with Crippen LogP contribution in [0.15, 0.2) is 0 Å². The van der Waals surface area contributed by atoms with Gasteiger partial charge >= 0.3 is 0 Å². The van der Waals surface area contributed by atoms with E-state index in [4.69, 9.17) is 15.2 Å². The maximum atomic E-state index is 9.76. The zero-order valence-corrected chi connectivity index (χ0v) is 9.78. The van der Waals surface area contributed by atoms with Gasteiger partial charge in [-0.05, 0) is 34.1 Å². The molecule has 3 N–H and O–H groups in total. The molecule has 0 saturated carbocycles. The summed E-state index contributed by atoms with van der Waals surface area (Å²) in [7, 11) is 1.65. The Kier molecular flexibility index (Phi) is 5.59. The lowest BCUT2D eigenvalue weighted by Crippen LogP contribution is -2.47. The van der Waals surface area contributed by atoms with Crippen LogP contribution in [-0.4, -0.2) is 36.3 Å². The fourth-order valence-corrected chi connectivity index (χ4v) is 1.13. The number of hydrogen-bond acceptors (Lipinski definition) is 4. The number of ether oxygens (including phenoxy) is 2. The van der Waals surface area contributed by atoms with Crippen LogP contribution in [0.1, 0.15) is 34.1 Å². The fraction of sp³-hybridized carbons (Fsp3) is 1.00. The van der Waals surface area contributed by atoms with Crippen molar-refractivity contribution in [1.82, 2.24) is 0 Å². The van der Waals surface area contributed by atoms with E-state index in [9.17, 15) is 5.11 Å². The Bertz CT molecular complexity index is 159. The summed E-state index contributed by atoms with van der Waals surface area (Å²) in [6.45, 7) is 7.14. The van der Waals surface area contributed by atoms with E-state index in [1.165, 1.54) is 0 Å². The first kappa shape index (κ1) is 13.8. The largest absolute Gasteiger partial charge is 0.382 e. The summed E-state index contributed by atoms with van der Waals surface area (Å²) in [5.74, 6) is -1.27. The summed E-state index contributed by atoms with van der Waals surface area (Å²) in [5.41, 5.74) is 5.58. The highest BCUT2D eigenvalue weighted by Crippen LogP contribution is 2.16. The average Bonchev–Trinajstić information content (AvgIpc) is 2.02. The molecule has 0 aromatic rings. The average molecular weight is 205 g/mol. The third-order valence-electron chi connectivity index (χ3n) is 2.35. The minimum absolute atomic E-state index is 0.0778. The van der Waals surface area contributed by atoms with Crippen molar-refractivity contribution in [1.29, 1.82) is 0 Å². The van der Waals surface area contributed by atoms with Gasteiger partial charge in [0.25, 0.3) is 0 Å². The maximum Gasteiger partial charge on any atom is 0.177 e. The zero-order valence-electron chi connectivity index (χ0n) is 9.78. The molecule has 4 atom stereocenters. The normalized spacial score (nSPS) is 22.5. The first-order valence-corrected chi connectivity index (χ1v) is 4.98. The molecule has 0 aromatic heterocycles. The van der Waals surface area contributed by atoms with E-state index in [1.54, 1.807) is 21.0 Å². The van der Waals surface area contributed by atoms with Crippen LogP contribution in [0.25, 0.3) is 0 Å². The predicted molar refractivity (Wildman–Crippen MR) is 55.9 cm³/mol. The highest BCUT2D eigenvalue weighted by molar-refractivity contribution is 4.73. The summed E-state index contributed by atoms with van der Waals surface area (Å²) in [6, 6.07) is -0.414. The van der Waals surface area contributed by atoms with E-state index in [1.807, 2.05) is 13.8 Å². The van der Waals surface area contributed by atoms with Crippen molar-refractivity contribution in [2.75, 3.05) is 7.11 Å². The highest BCUT2D eigenvalue weighted by atomic mass is 16.6. The van der Waals surface area contributed by atoms with Crippen molar-refractivity contribution in [2.24, 2.45) is 5.73 Å². The quantitative estimate of drug-likeness (QED) is 0.632. The van der Waals surface area contributed by atoms with Gasteiger partial charge in [0.05, 0.1) is 18.2 Å². The maximum absolute atomic E-state index is 9.76. The van der Waals surface area contributed by atoms with Crippen molar-refractivity contribution in [3.63, 3.8) is 0 Å². The van der Waals surface area contributed by atoms with Crippen molar-refractivity contribution >= 4 is 0 Å². The molecular formula is C10H23NO3. The summed E-state index contributed by atoms with van der Waals surface area (Å²) in [6.07, 6.45) is 0.777. The second-order valence-corrected chi connectivity index (χ2v) is 4.05. The molecule has 0 bridgehead atoms. The van der Waals surface area contributed by atoms with Crippen LogP contribution >= 0.6 is 0 Å². The van der Waals surface area contributed by atoms with Gasteiger partial charge < -0.3 is 20.3 Å². The molecule has 0 aliphatic heterocycles. The van der Waals surface area contributed by atoms with Crippen LogP contribution < -0.4 is 5.73 Å². The van der Waals surface area contributed by atoms with E-state index in [2.05, 4.69) is 0 Å². The minimum Gasteiger partial charge on any atom is -0.382 e. The van der Waals surface area contributed by atoms with E-state index >= 15 is 0 Å². The van der Waals surface area contributed by atoms with E-state index < -0.39 is 11.8 Å². The van der Waals surface area contributed by atoms with E-state index in [-0.39, 0.29) is 12.2 Å². The second kappa shape index (κ2) is 5.66. The molecule has 0 aromatic carbocycles. The predicted octanol–water partition coefficient (Wildman–Crippen LogP) is 0.872. The Labute approximate surface area is 86.4 Å². The Hall–Kier alpha value is -0.160. The van der Waals surface area contributed by atoms with Gasteiger partial charge in [0.1, 0.15) is 0 Å². The van der Waals surface area contributed by atoms with E-state index in [0.29, 0.717) is 0 Å². The summed E-state index contributed by atoms with van der Waals surface area (Å²) in [5, 5.41) is 9.76. The molecule has 0 spiro atoms. The van der Waals surface area contributed by atoms with E-state index in [0.717, 1.165) is 6.42 Å². The van der Waals surface area contributed by atoms with Gasteiger partial charge in [-0.25, -0.2) is 0 Å². The van der Waals surface area contributed by atoms with Crippen LogP contribution in [0.2, 0.25) is 0 Å². The summed E-state index contributed by atoms with van der Waals surface area (Å²) < 4.78 is 10.5. The molecule has 0 fully saturated rings. The summed E-state index contributed by atoms with van der Waals surface area (Å²) in [4.78, 5) is 0. The first-order valence-electron chi connectivity index (χ1n) is 4.98. The van der Waals surface area contributed by atoms with Crippen molar-refractivity contribution < 1.29 is 14.6 Å². The fourth-order valence-electron chi connectivity index (χ4n) is 1.13. The van der Waals surface area contributed by atoms with Crippen molar-refractivity contribution in [3.8, 4) is 0 Å². The molecule has 0 aliphatic carbocycles. The molecular weight excluding hydrogens is 182 g/mol. The molecule has 4 nitrogen and oxygen atoms in total. The smallest absolute Gasteiger partial charge is 0.177 e. The van der Waals surface area contributed by atoms with Crippen molar-refractivity contribution in [2.45, 2.75) is 58.2 Å². The lowest BCUT2D eigenvalue weighted by atomic mass is 10.1. The van der Waals surface area contributed by atoms with Gasteiger partial charge in [0.15, 0.2) is 5.79 Å². The topological polar surface area (TPSA) is 64.7 Å². The molecule has 0 amide bonds. The second-order valence-electron chi connectivity index (χ2n) is 4.05. The van der Waals surface area contributed by atoms with Crippen molar-refractivity contribution in [3.05, 3.63) is 0 Å². The van der Waals surface area contributed by atoms with Gasteiger partial charge in [-0.15, -0.1) is 0 Å². The number of aliphatic hydroxyl groups is 1. The monoisotopic (exact) mass is 205 g/mol. The zero-order chi connectivity index (χ0) is 11.4. The molecule has 0 saturated heterocycles. The molecule has 0 aliphatic rings. The molecule has 2 unspecified atom stereocenters. The Balaban J connectivity index is 3.98. The SMILES string of the molecule is COC(C)C[C@@H](C)O[C@@](C)(O)C(C)N. The Morgan fingerprint density at radius 2 is 1.79 bits per heavy atom. The lowest BCUT2D eigenvalue weighted by molar-refractivity contribution is -0.228. The molecule has 86 valence electrons. The lowest BCUT2D eigenvalue weighted by Gasteiger charge is -2.31. The third-order valence-corrected chi connectivity index (χ3v) is 2.35. The number of nitrogens with two attached hydrogens (primary N) is 1. The van der Waals surface area contributed by atoms with Gasteiger partial charge in [-0.1, -0.05) is 0 Å². The first-order chi connectivity index (χ1) is 6.29. The molecule has 0 rings (SSSR count). The Morgan fingerprint density at radius 1 is 1.29 bits per heavy atom. The standard InChI is InChI=1S/C10H23NO3/c1-7(13-5)6-8(2)14-10(4,12)9(3)11/h7-9,12H,6,11H2,1-5H3/t7?,8-,9?,10-/m1/s1. The summed E-state index contributed by atoms with van der Waals surface area (Å²) >= 11 is 0. The molecule has 14 heavy (non-hydrogen) atoms. The molecule has 0 heterocycles. The third kappa shape index (κ3) is 4.91. The van der Waals surface area contributed by atoms with Crippen LogP contribution in [0.3, 0.4) is 0 Å². The minimum atomic E-state index is -1.27. The van der Waals surface area contributed by atoms with Gasteiger partial charge in [0.2, 0.25) is 0 Å². The van der Waals surface area contributed by atoms with Gasteiger partial charge in [0, 0.05) is 7.11 Å².